The summed E-state index contributed by atoms with van der Waals surface area (Å²) in [5.41, 5.74) is 2.36. The van der Waals surface area contributed by atoms with Crippen LogP contribution in [0.4, 0.5) is 0 Å². The van der Waals surface area contributed by atoms with Crippen LogP contribution in [0.1, 0.15) is 25.3 Å². The number of fused-ring (bicyclic) bond motifs is 1. The van der Waals surface area contributed by atoms with Crippen LogP contribution in [-0.4, -0.2) is 46.0 Å². The highest BCUT2D eigenvalue weighted by Gasteiger charge is 2.32. The van der Waals surface area contributed by atoms with Crippen LogP contribution in [0.15, 0.2) is 25.0 Å². The van der Waals surface area contributed by atoms with Gasteiger partial charge in [0.15, 0.2) is 0 Å². The first-order chi connectivity index (χ1) is 12.9. The van der Waals surface area contributed by atoms with Crippen molar-refractivity contribution in [2.45, 2.75) is 26.6 Å². The van der Waals surface area contributed by atoms with E-state index >= 15 is 0 Å². The Bertz CT molecular complexity index is 902. The smallest absolute Gasteiger partial charge is 0.519 e. The van der Waals surface area contributed by atoms with Gasteiger partial charge in [-0.1, -0.05) is 13.5 Å². The number of piperidine rings is 1. The number of nitriles is 1. The maximum atomic E-state index is 12.2. The molecule has 8 heteroatoms. The summed E-state index contributed by atoms with van der Waals surface area (Å²) in [7, 11) is -0.979. The Morgan fingerprint density at radius 2 is 2.41 bits per heavy atom. The number of nitrogens with one attached hydrogen (secondary N) is 1. The van der Waals surface area contributed by atoms with Crippen LogP contribution in [0, 0.1) is 23.2 Å². The van der Waals surface area contributed by atoms with Gasteiger partial charge in [0.2, 0.25) is 5.91 Å². The Morgan fingerprint density at radius 1 is 1.63 bits per heavy atom. The topological polar surface area (TPSA) is 102 Å². The highest BCUT2D eigenvalue weighted by molar-refractivity contribution is 6.41. The van der Waals surface area contributed by atoms with Crippen LogP contribution in [0.2, 0.25) is 6.82 Å². The Labute approximate surface area is 158 Å². The largest absolute Gasteiger partial charge is 0.535 e. The van der Waals surface area contributed by atoms with E-state index < -0.39 is 7.12 Å². The lowest BCUT2D eigenvalue weighted by Crippen LogP contribution is -2.43. The van der Waals surface area contributed by atoms with Gasteiger partial charge in [-0.15, -0.1) is 0 Å². The molecule has 1 saturated heterocycles. The quantitative estimate of drug-likeness (QED) is 0.792. The van der Waals surface area contributed by atoms with Gasteiger partial charge in [0.05, 0.1) is 12.3 Å². The SMILES string of the molecule is C=C(c1c(OB(C)O)cnc2[nH]ccc12)[C@@H]1CN(C(=O)CC#N)CCC1C. The lowest BCUT2D eigenvalue weighted by Gasteiger charge is -2.38. The summed E-state index contributed by atoms with van der Waals surface area (Å²) in [6.07, 6.45) is 4.11. The fraction of sp³-hybridized carbons (Fsp3) is 0.421. The zero-order valence-corrected chi connectivity index (χ0v) is 15.6. The summed E-state index contributed by atoms with van der Waals surface area (Å²) in [5.74, 6) is 0.669. The maximum Gasteiger partial charge on any atom is 0.519 e. The van der Waals surface area contributed by atoms with Gasteiger partial charge >= 0.3 is 7.12 Å². The molecule has 2 N–H and O–H groups in total. The van der Waals surface area contributed by atoms with Gasteiger partial charge in [-0.05, 0) is 30.8 Å². The van der Waals surface area contributed by atoms with Crippen LogP contribution in [0.5, 0.6) is 5.75 Å². The lowest BCUT2D eigenvalue weighted by molar-refractivity contribution is -0.132. The predicted molar refractivity (Wildman–Crippen MR) is 104 cm³/mol. The molecular formula is C19H23BN4O3. The predicted octanol–water partition coefficient (Wildman–Crippen LogP) is 2.46. The first-order valence-corrected chi connectivity index (χ1v) is 9.07. The van der Waals surface area contributed by atoms with Crippen molar-refractivity contribution in [3.63, 3.8) is 0 Å². The third kappa shape index (κ3) is 3.83. The molecule has 2 aromatic rings. The number of H-pyrrole nitrogens is 1. The fourth-order valence-corrected chi connectivity index (χ4v) is 3.71. The fourth-order valence-electron chi connectivity index (χ4n) is 3.71. The first kappa shape index (κ1) is 19.0. The summed E-state index contributed by atoms with van der Waals surface area (Å²) in [5, 5.41) is 19.4. The minimum absolute atomic E-state index is 0.0261. The van der Waals surface area contributed by atoms with E-state index in [2.05, 4.69) is 23.5 Å². The second-order valence-corrected chi connectivity index (χ2v) is 7.03. The highest BCUT2D eigenvalue weighted by Crippen LogP contribution is 2.40. The standard InChI is InChI=1S/C19H23BN4O3/c1-12-6-9-24(17(25)4-7-21)11-15(12)13(2)18-14-5-8-22-19(14)23-10-16(18)27-20(3)26/h5,8,10,12,15,26H,2,4,6,9,11H2,1,3H3,(H,22,23)/t12?,15-/m1/s1. The van der Waals surface area contributed by atoms with Crippen LogP contribution in [0.25, 0.3) is 16.6 Å². The number of hydrogen-bond donors (Lipinski definition) is 2. The second-order valence-electron chi connectivity index (χ2n) is 7.03. The monoisotopic (exact) mass is 366 g/mol. The molecule has 2 aromatic heterocycles. The van der Waals surface area contributed by atoms with Crippen molar-refractivity contribution < 1.29 is 14.5 Å². The van der Waals surface area contributed by atoms with Gasteiger partial charge in [0, 0.05) is 36.2 Å². The van der Waals surface area contributed by atoms with Crippen LogP contribution in [0.3, 0.4) is 0 Å². The van der Waals surface area contributed by atoms with Crippen molar-refractivity contribution in [1.82, 2.24) is 14.9 Å². The average Bonchev–Trinajstić information content (AvgIpc) is 3.09. The number of rotatable bonds is 5. The molecule has 0 radical (unpaired) electrons. The van der Waals surface area contributed by atoms with E-state index in [1.165, 1.54) is 0 Å². The molecule has 0 saturated carbocycles. The molecule has 0 spiro atoms. The van der Waals surface area contributed by atoms with E-state index in [4.69, 9.17) is 9.92 Å². The van der Waals surface area contributed by atoms with Crippen molar-refractivity contribution in [3.05, 3.63) is 30.6 Å². The molecule has 1 amide bonds. The Hall–Kier alpha value is -2.79. The third-order valence-electron chi connectivity index (χ3n) is 5.16. The number of pyridine rings is 1. The highest BCUT2D eigenvalue weighted by atomic mass is 16.5. The third-order valence-corrected chi connectivity index (χ3v) is 5.16. The molecule has 140 valence electrons. The summed E-state index contributed by atoms with van der Waals surface area (Å²) >= 11 is 0. The van der Waals surface area contributed by atoms with Crippen LogP contribution < -0.4 is 4.65 Å². The number of hydrogen-bond acceptors (Lipinski definition) is 5. The van der Waals surface area contributed by atoms with Crippen molar-refractivity contribution >= 4 is 29.6 Å². The molecule has 0 bridgehead atoms. The molecule has 1 aliphatic heterocycles. The van der Waals surface area contributed by atoms with Crippen LogP contribution >= 0.6 is 0 Å². The number of aromatic amines is 1. The molecule has 3 rings (SSSR count). The van der Waals surface area contributed by atoms with Crippen molar-refractivity contribution in [2.75, 3.05) is 13.1 Å². The Morgan fingerprint density at radius 3 is 3.11 bits per heavy atom. The number of aromatic nitrogens is 2. The van der Waals surface area contributed by atoms with Gasteiger partial charge in [-0.3, -0.25) is 4.79 Å². The van der Waals surface area contributed by atoms with Gasteiger partial charge in [0.1, 0.15) is 17.8 Å². The van der Waals surface area contributed by atoms with Gasteiger partial charge in [-0.2, -0.15) is 5.26 Å². The molecule has 27 heavy (non-hydrogen) atoms. The number of carbonyl (C=O) groups is 1. The zero-order chi connectivity index (χ0) is 19.6. The van der Waals surface area contributed by atoms with Gasteiger partial charge in [-0.25, -0.2) is 4.98 Å². The number of nitrogens with zero attached hydrogens (tertiary/aromatic N) is 3. The molecule has 0 aromatic carbocycles. The first-order valence-electron chi connectivity index (χ1n) is 9.07. The Balaban J connectivity index is 1.97. The second kappa shape index (κ2) is 7.84. The van der Waals surface area contributed by atoms with Crippen molar-refractivity contribution in [1.29, 1.82) is 5.26 Å². The Kier molecular flexibility index (Phi) is 5.52. The van der Waals surface area contributed by atoms with Crippen molar-refractivity contribution in [2.24, 2.45) is 11.8 Å². The molecule has 2 atom stereocenters. The van der Waals surface area contributed by atoms with Gasteiger partial charge in [0.25, 0.3) is 0 Å². The summed E-state index contributed by atoms with van der Waals surface area (Å²) in [4.78, 5) is 21.4. The van der Waals surface area contributed by atoms with Crippen molar-refractivity contribution in [3.8, 4) is 11.8 Å². The van der Waals surface area contributed by atoms with E-state index in [0.29, 0.717) is 30.4 Å². The molecular weight excluding hydrogens is 343 g/mol. The minimum atomic E-state index is -0.979. The van der Waals surface area contributed by atoms with E-state index in [1.54, 1.807) is 24.1 Å². The minimum Gasteiger partial charge on any atom is -0.535 e. The number of carbonyl (C=O) groups excluding carboxylic acids is 1. The molecule has 1 aliphatic rings. The van der Waals surface area contributed by atoms with E-state index in [9.17, 15) is 9.82 Å². The summed E-state index contributed by atoms with van der Waals surface area (Å²) < 4.78 is 5.58. The van der Waals surface area contributed by atoms with E-state index in [1.807, 2.05) is 12.1 Å². The molecule has 1 unspecified atom stereocenters. The molecule has 7 nitrogen and oxygen atoms in total. The van der Waals surface area contributed by atoms with Gasteiger partial charge < -0.3 is 19.6 Å². The molecule has 1 fully saturated rings. The maximum absolute atomic E-state index is 12.2. The normalized spacial score (nSPS) is 19.6. The zero-order valence-electron chi connectivity index (χ0n) is 15.6. The number of likely N-dealkylation sites (tertiary alicyclic amines) is 1. The number of amides is 1. The summed E-state index contributed by atoms with van der Waals surface area (Å²) in [6.45, 7) is 9.18. The average molecular weight is 366 g/mol. The van der Waals surface area contributed by atoms with E-state index in [0.717, 1.165) is 22.9 Å². The van der Waals surface area contributed by atoms with Crippen LogP contribution in [-0.2, 0) is 4.79 Å². The molecule has 3 heterocycles. The summed E-state index contributed by atoms with van der Waals surface area (Å²) in [6, 6.07) is 3.84. The lowest BCUT2D eigenvalue weighted by atomic mass is 9.79. The van der Waals surface area contributed by atoms with E-state index in [-0.39, 0.29) is 18.2 Å². The molecule has 0 aliphatic carbocycles.